The maximum atomic E-state index is 9.79. The Labute approximate surface area is 115 Å². The van der Waals surface area contributed by atoms with Crippen molar-refractivity contribution in [3.05, 3.63) is 29.3 Å². The summed E-state index contributed by atoms with van der Waals surface area (Å²) in [4.78, 5) is 1.21. The lowest BCUT2D eigenvalue weighted by Crippen LogP contribution is -2.18. The van der Waals surface area contributed by atoms with E-state index in [1.54, 1.807) is 11.8 Å². The van der Waals surface area contributed by atoms with Crippen LogP contribution in [0.25, 0.3) is 0 Å². The van der Waals surface area contributed by atoms with Crippen molar-refractivity contribution in [2.24, 2.45) is 0 Å². The van der Waals surface area contributed by atoms with E-state index in [-0.39, 0.29) is 6.10 Å². The van der Waals surface area contributed by atoms with Gasteiger partial charge in [-0.25, -0.2) is 0 Å². The summed E-state index contributed by atoms with van der Waals surface area (Å²) in [5, 5.41) is 9.79. The number of benzene rings is 1. The highest BCUT2D eigenvalue weighted by Gasteiger charge is 2.05. The topological polar surface area (TPSA) is 29.5 Å². The number of aliphatic hydroxyl groups excluding tert-OH is 1. The fourth-order valence-electron chi connectivity index (χ4n) is 1.51. The standard InChI is InChI=1S/C15H24O2S/c1-4-5-8-17-10-14(16)11-18-15-7-6-12(2)13(3)9-15/h6-7,9,14,16H,4-5,8,10-11H2,1-3H3. The van der Waals surface area contributed by atoms with Crippen molar-refractivity contribution in [3.8, 4) is 0 Å². The Hall–Kier alpha value is -0.510. The van der Waals surface area contributed by atoms with E-state index in [0.717, 1.165) is 19.4 Å². The molecule has 1 rings (SSSR count). The molecule has 0 fully saturated rings. The number of rotatable bonds is 8. The van der Waals surface area contributed by atoms with Gasteiger partial charge in [-0.2, -0.15) is 0 Å². The Balaban J connectivity index is 2.24. The lowest BCUT2D eigenvalue weighted by atomic mass is 10.1. The maximum absolute atomic E-state index is 9.79. The lowest BCUT2D eigenvalue weighted by molar-refractivity contribution is 0.0473. The Kier molecular flexibility index (Phi) is 7.40. The molecule has 1 aromatic carbocycles. The van der Waals surface area contributed by atoms with Crippen LogP contribution in [-0.4, -0.2) is 30.2 Å². The van der Waals surface area contributed by atoms with Gasteiger partial charge in [-0.1, -0.05) is 19.4 Å². The van der Waals surface area contributed by atoms with Crippen molar-refractivity contribution in [3.63, 3.8) is 0 Å². The van der Waals surface area contributed by atoms with Gasteiger partial charge in [-0.15, -0.1) is 11.8 Å². The molecule has 0 saturated carbocycles. The second-order valence-corrected chi connectivity index (χ2v) is 5.73. The molecule has 102 valence electrons. The normalized spacial score (nSPS) is 12.7. The summed E-state index contributed by atoms with van der Waals surface area (Å²) in [6, 6.07) is 6.41. The molecular formula is C15H24O2S. The quantitative estimate of drug-likeness (QED) is 0.577. The van der Waals surface area contributed by atoms with E-state index in [1.807, 2.05) is 0 Å². The van der Waals surface area contributed by atoms with Crippen molar-refractivity contribution < 1.29 is 9.84 Å². The lowest BCUT2D eigenvalue weighted by Gasteiger charge is -2.11. The summed E-state index contributed by atoms with van der Waals surface area (Å²) in [5.41, 5.74) is 2.61. The SMILES string of the molecule is CCCCOCC(O)CSc1ccc(C)c(C)c1. The molecular weight excluding hydrogens is 244 g/mol. The van der Waals surface area contributed by atoms with Gasteiger partial charge >= 0.3 is 0 Å². The number of aliphatic hydroxyl groups is 1. The van der Waals surface area contributed by atoms with Crippen molar-refractivity contribution in [2.75, 3.05) is 19.0 Å². The first-order valence-electron chi connectivity index (χ1n) is 6.59. The minimum absolute atomic E-state index is 0.381. The minimum atomic E-state index is -0.381. The van der Waals surface area contributed by atoms with Crippen molar-refractivity contribution in [2.45, 2.75) is 44.6 Å². The molecule has 0 aliphatic carbocycles. The first kappa shape index (κ1) is 15.5. The summed E-state index contributed by atoms with van der Waals surface area (Å²) in [6.45, 7) is 7.55. The average molecular weight is 268 g/mol. The summed E-state index contributed by atoms with van der Waals surface area (Å²) >= 11 is 1.69. The van der Waals surface area contributed by atoms with Crippen molar-refractivity contribution in [1.82, 2.24) is 0 Å². The zero-order valence-corrected chi connectivity index (χ0v) is 12.4. The van der Waals surface area contributed by atoms with Gasteiger partial charge in [-0.05, 0) is 43.5 Å². The maximum Gasteiger partial charge on any atom is 0.0867 e. The average Bonchev–Trinajstić information content (AvgIpc) is 2.36. The molecule has 18 heavy (non-hydrogen) atoms. The number of aryl methyl sites for hydroxylation is 2. The molecule has 1 atom stereocenters. The highest BCUT2D eigenvalue weighted by Crippen LogP contribution is 2.21. The summed E-state index contributed by atoms with van der Waals surface area (Å²) in [7, 11) is 0. The number of thioether (sulfide) groups is 1. The molecule has 0 aliphatic heterocycles. The third-order valence-corrected chi connectivity index (χ3v) is 4.01. The number of unbranched alkanes of at least 4 members (excludes halogenated alkanes) is 1. The van der Waals surface area contributed by atoms with E-state index in [9.17, 15) is 5.11 Å². The molecule has 1 aromatic rings. The van der Waals surface area contributed by atoms with Gasteiger partial charge in [0, 0.05) is 17.3 Å². The third kappa shape index (κ3) is 5.89. The molecule has 2 nitrogen and oxygen atoms in total. The van der Waals surface area contributed by atoms with E-state index in [2.05, 4.69) is 39.0 Å². The van der Waals surface area contributed by atoms with Crippen LogP contribution >= 0.6 is 11.8 Å². The van der Waals surface area contributed by atoms with Crippen molar-refractivity contribution >= 4 is 11.8 Å². The van der Waals surface area contributed by atoms with Gasteiger partial charge in [0.25, 0.3) is 0 Å². The molecule has 0 aliphatic rings. The number of hydrogen-bond donors (Lipinski definition) is 1. The van der Waals surface area contributed by atoms with Gasteiger partial charge in [0.1, 0.15) is 0 Å². The Bertz CT molecular complexity index is 352. The highest BCUT2D eigenvalue weighted by molar-refractivity contribution is 7.99. The molecule has 0 radical (unpaired) electrons. The Morgan fingerprint density at radius 2 is 2.06 bits per heavy atom. The fourth-order valence-corrected chi connectivity index (χ4v) is 2.42. The fraction of sp³-hybridized carbons (Fsp3) is 0.600. The van der Waals surface area contributed by atoms with Crippen LogP contribution in [0.15, 0.2) is 23.1 Å². The molecule has 0 aromatic heterocycles. The van der Waals surface area contributed by atoms with E-state index in [0.29, 0.717) is 12.4 Å². The molecule has 0 heterocycles. The van der Waals surface area contributed by atoms with Gasteiger partial charge in [0.15, 0.2) is 0 Å². The zero-order valence-electron chi connectivity index (χ0n) is 11.6. The first-order valence-corrected chi connectivity index (χ1v) is 7.58. The molecule has 0 saturated heterocycles. The van der Waals surface area contributed by atoms with Crippen LogP contribution in [-0.2, 0) is 4.74 Å². The van der Waals surface area contributed by atoms with Crippen LogP contribution in [0.1, 0.15) is 30.9 Å². The molecule has 0 bridgehead atoms. The Morgan fingerprint density at radius 3 is 2.72 bits per heavy atom. The molecule has 1 N–H and O–H groups in total. The summed E-state index contributed by atoms with van der Waals surface area (Å²) in [5.74, 6) is 0.689. The molecule has 0 spiro atoms. The largest absolute Gasteiger partial charge is 0.390 e. The van der Waals surface area contributed by atoms with Crippen LogP contribution in [0, 0.1) is 13.8 Å². The summed E-state index contributed by atoms with van der Waals surface area (Å²) in [6.07, 6.45) is 1.82. The highest BCUT2D eigenvalue weighted by atomic mass is 32.2. The molecule has 1 unspecified atom stereocenters. The summed E-state index contributed by atoms with van der Waals surface area (Å²) < 4.78 is 5.40. The number of ether oxygens (including phenoxy) is 1. The van der Waals surface area contributed by atoms with Crippen LogP contribution in [0.5, 0.6) is 0 Å². The van der Waals surface area contributed by atoms with Crippen LogP contribution in [0.4, 0.5) is 0 Å². The van der Waals surface area contributed by atoms with Crippen molar-refractivity contribution in [1.29, 1.82) is 0 Å². The monoisotopic (exact) mass is 268 g/mol. The Morgan fingerprint density at radius 1 is 1.28 bits per heavy atom. The van der Waals surface area contributed by atoms with Crippen LogP contribution < -0.4 is 0 Å². The van der Waals surface area contributed by atoms with Crippen LogP contribution in [0.3, 0.4) is 0 Å². The van der Waals surface area contributed by atoms with Gasteiger partial charge < -0.3 is 9.84 Å². The zero-order chi connectivity index (χ0) is 13.4. The second kappa shape index (κ2) is 8.57. The molecule has 3 heteroatoms. The second-order valence-electron chi connectivity index (χ2n) is 4.64. The first-order chi connectivity index (χ1) is 8.63. The molecule has 0 amide bonds. The van der Waals surface area contributed by atoms with Crippen LogP contribution in [0.2, 0.25) is 0 Å². The van der Waals surface area contributed by atoms with E-state index < -0.39 is 0 Å². The predicted octanol–water partition coefficient (Wildman–Crippen LogP) is 3.57. The third-order valence-electron chi connectivity index (χ3n) is 2.87. The van der Waals surface area contributed by atoms with E-state index >= 15 is 0 Å². The van der Waals surface area contributed by atoms with Gasteiger partial charge in [0.2, 0.25) is 0 Å². The minimum Gasteiger partial charge on any atom is -0.390 e. The van der Waals surface area contributed by atoms with E-state index in [4.69, 9.17) is 4.74 Å². The van der Waals surface area contributed by atoms with Gasteiger partial charge in [-0.3, -0.25) is 0 Å². The predicted molar refractivity (Wildman–Crippen MR) is 78.4 cm³/mol. The van der Waals surface area contributed by atoms with E-state index in [1.165, 1.54) is 16.0 Å². The number of hydrogen-bond acceptors (Lipinski definition) is 3. The van der Waals surface area contributed by atoms with Gasteiger partial charge in [0.05, 0.1) is 12.7 Å². The smallest absolute Gasteiger partial charge is 0.0867 e.